The normalized spacial score (nSPS) is 18.4. The van der Waals surface area contributed by atoms with Crippen molar-refractivity contribution in [1.29, 1.82) is 0 Å². The number of piperidine rings is 1. The standard InChI is InChI=1S/C23H32N4O2/c1-16(2)9-12-26-13-10-19(11-14-26)24-23(29)20-7-8-22(28)27(25-20)21-15-17(3)5-6-18(21)4/h5-6,9,15,19H,7-8,10-14H2,1-4H3,(H,24,29). The van der Waals surface area contributed by atoms with Gasteiger partial charge in [-0.3, -0.25) is 14.5 Å². The molecule has 2 aliphatic rings. The minimum Gasteiger partial charge on any atom is -0.348 e. The number of nitrogens with one attached hydrogen (secondary N) is 1. The average molecular weight is 397 g/mol. The van der Waals surface area contributed by atoms with Gasteiger partial charge in [0, 0.05) is 38.5 Å². The van der Waals surface area contributed by atoms with Crippen LogP contribution in [0, 0.1) is 13.8 Å². The summed E-state index contributed by atoms with van der Waals surface area (Å²) in [6, 6.07) is 6.10. The maximum absolute atomic E-state index is 12.8. The summed E-state index contributed by atoms with van der Waals surface area (Å²) in [6.45, 7) is 11.1. The Labute approximate surface area is 173 Å². The van der Waals surface area contributed by atoms with Crippen LogP contribution in [0.4, 0.5) is 5.69 Å². The fourth-order valence-electron chi connectivity index (χ4n) is 3.69. The van der Waals surface area contributed by atoms with E-state index in [1.54, 1.807) is 0 Å². The third-order valence-electron chi connectivity index (χ3n) is 5.57. The Morgan fingerprint density at radius 3 is 2.62 bits per heavy atom. The first kappa shape index (κ1) is 21.2. The van der Waals surface area contributed by atoms with Gasteiger partial charge in [-0.15, -0.1) is 0 Å². The Morgan fingerprint density at radius 2 is 1.93 bits per heavy atom. The number of rotatable bonds is 5. The van der Waals surface area contributed by atoms with Gasteiger partial charge in [0.05, 0.1) is 5.69 Å². The molecule has 2 aliphatic heterocycles. The molecule has 6 nitrogen and oxygen atoms in total. The zero-order chi connectivity index (χ0) is 21.0. The highest BCUT2D eigenvalue weighted by Gasteiger charge is 2.28. The highest BCUT2D eigenvalue weighted by Crippen LogP contribution is 2.25. The van der Waals surface area contributed by atoms with Gasteiger partial charge in [0.15, 0.2) is 0 Å². The second-order valence-corrected chi connectivity index (χ2v) is 8.37. The van der Waals surface area contributed by atoms with Gasteiger partial charge in [-0.25, -0.2) is 5.01 Å². The highest BCUT2D eigenvalue weighted by molar-refractivity contribution is 6.40. The van der Waals surface area contributed by atoms with Gasteiger partial charge in [-0.2, -0.15) is 5.10 Å². The van der Waals surface area contributed by atoms with Crippen LogP contribution in [0.3, 0.4) is 0 Å². The van der Waals surface area contributed by atoms with E-state index in [0.29, 0.717) is 18.6 Å². The highest BCUT2D eigenvalue weighted by atomic mass is 16.2. The van der Waals surface area contributed by atoms with Gasteiger partial charge in [-0.1, -0.05) is 23.8 Å². The molecule has 0 aromatic heterocycles. The van der Waals surface area contributed by atoms with Crippen molar-refractivity contribution in [2.24, 2.45) is 5.10 Å². The lowest BCUT2D eigenvalue weighted by atomic mass is 10.0. The predicted octanol–water partition coefficient (Wildman–Crippen LogP) is 3.33. The van der Waals surface area contributed by atoms with Crippen molar-refractivity contribution in [3.05, 3.63) is 41.0 Å². The number of hydrogen-bond donors (Lipinski definition) is 1. The summed E-state index contributed by atoms with van der Waals surface area (Å²) in [6.07, 6.45) is 4.82. The fourth-order valence-corrected chi connectivity index (χ4v) is 3.69. The molecule has 2 heterocycles. The SMILES string of the molecule is CC(C)=CCN1CCC(NC(=O)C2=NN(c3cc(C)ccc3C)C(=O)CC2)CC1. The zero-order valence-electron chi connectivity index (χ0n) is 18.0. The second kappa shape index (κ2) is 9.35. The molecule has 0 aliphatic carbocycles. The Balaban J connectivity index is 1.63. The van der Waals surface area contributed by atoms with E-state index >= 15 is 0 Å². The number of carbonyl (C=O) groups excluding carboxylic acids is 2. The number of hydrogen-bond acceptors (Lipinski definition) is 4. The number of anilines is 1. The minimum atomic E-state index is -0.143. The van der Waals surface area contributed by atoms with Crippen molar-refractivity contribution < 1.29 is 9.59 Å². The molecule has 1 saturated heterocycles. The molecule has 0 bridgehead atoms. The maximum Gasteiger partial charge on any atom is 0.267 e. The van der Waals surface area contributed by atoms with E-state index in [0.717, 1.165) is 49.3 Å². The van der Waals surface area contributed by atoms with Gasteiger partial charge < -0.3 is 5.32 Å². The molecule has 6 heteroatoms. The zero-order valence-corrected chi connectivity index (χ0v) is 18.0. The quantitative estimate of drug-likeness (QED) is 0.777. The molecule has 1 N–H and O–H groups in total. The summed E-state index contributed by atoms with van der Waals surface area (Å²) in [5, 5.41) is 8.98. The molecule has 0 spiro atoms. The van der Waals surface area contributed by atoms with Gasteiger partial charge in [0.2, 0.25) is 5.91 Å². The van der Waals surface area contributed by atoms with Crippen LogP contribution in [0.1, 0.15) is 50.7 Å². The smallest absolute Gasteiger partial charge is 0.267 e. The average Bonchev–Trinajstić information content (AvgIpc) is 2.69. The summed E-state index contributed by atoms with van der Waals surface area (Å²) in [7, 11) is 0. The van der Waals surface area contributed by atoms with Crippen LogP contribution in [0.25, 0.3) is 0 Å². The first-order chi connectivity index (χ1) is 13.8. The topological polar surface area (TPSA) is 65.0 Å². The molecule has 1 aromatic carbocycles. The largest absolute Gasteiger partial charge is 0.348 e. The monoisotopic (exact) mass is 396 g/mol. The second-order valence-electron chi connectivity index (χ2n) is 8.37. The van der Waals surface area contributed by atoms with Crippen LogP contribution in [0.15, 0.2) is 34.9 Å². The van der Waals surface area contributed by atoms with E-state index in [-0.39, 0.29) is 17.9 Å². The summed E-state index contributed by atoms with van der Waals surface area (Å²) in [4.78, 5) is 27.6. The Hall–Kier alpha value is -2.47. The van der Waals surface area contributed by atoms with E-state index in [1.165, 1.54) is 10.6 Å². The lowest BCUT2D eigenvalue weighted by Gasteiger charge is -2.32. The molecule has 0 unspecified atom stereocenters. The molecular weight excluding hydrogens is 364 g/mol. The summed E-state index contributed by atoms with van der Waals surface area (Å²) < 4.78 is 0. The molecule has 1 aromatic rings. The summed E-state index contributed by atoms with van der Waals surface area (Å²) >= 11 is 0. The summed E-state index contributed by atoms with van der Waals surface area (Å²) in [5.41, 5.74) is 4.56. The fraction of sp³-hybridized carbons (Fsp3) is 0.522. The first-order valence-corrected chi connectivity index (χ1v) is 10.5. The van der Waals surface area contributed by atoms with Crippen molar-refractivity contribution in [1.82, 2.24) is 10.2 Å². The summed E-state index contributed by atoms with van der Waals surface area (Å²) in [5.74, 6) is -0.210. The number of allylic oxidation sites excluding steroid dienone is 1. The van der Waals surface area contributed by atoms with Gasteiger partial charge in [-0.05, 0) is 57.7 Å². The van der Waals surface area contributed by atoms with Crippen LogP contribution in [0.2, 0.25) is 0 Å². The lowest BCUT2D eigenvalue weighted by Crippen LogP contribution is -2.48. The number of amides is 2. The van der Waals surface area contributed by atoms with E-state index in [1.807, 2.05) is 32.0 Å². The van der Waals surface area contributed by atoms with Crippen molar-refractivity contribution >= 4 is 23.2 Å². The minimum absolute atomic E-state index is 0.0668. The third-order valence-corrected chi connectivity index (χ3v) is 5.57. The van der Waals surface area contributed by atoms with Crippen LogP contribution in [-0.4, -0.2) is 48.1 Å². The van der Waals surface area contributed by atoms with Gasteiger partial charge >= 0.3 is 0 Å². The van der Waals surface area contributed by atoms with Crippen LogP contribution in [0.5, 0.6) is 0 Å². The molecule has 29 heavy (non-hydrogen) atoms. The van der Waals surface area contributed by atoms with Crippen molar-refractivity contribution in [3.63, 3.8) is 0 Å². The van der Waals surface area contributed by atoms with Crippen molar-refractivity contribution in [3.8, 4) is 0 Å². The Morgan fingerprint density at radius 1 is 1.21 bits per heavy atom. The van der Waals surface area contributed by atoms with Crippen LogP contribution in [-0.2, 0) is 9.59 Å². The molecule has 0 atom stereocenters. The van der Waals surface area contributed by atoms with E-state index < -0.39 is 0 Å². The van der Waals surface area contributed by atoms with Gasteiger partial charge in [0.25, 0.3) is 5.91 Å². The van der Waals surface area contributed by atoms with E-state index in [2.05, 4.69) is 35.2 Å². The number of carbonyl (C=O) groups is 2. The molecule has 2 amide bonds. The maximum atomic E-state index is 12.8. The Bertz CT molecular complexity index is 831. The molecular formula is C23H32N4O2. The Kier molecular flexibility index (Phi) is 6.85. The number of likely N-dealkylation sites (tertiary alicyclic amines) is 1. The van der Waals surface area contributed by atoms with Crippen LogP contribution < -0.4 is 10.3 Å². The third kappa shape index (κ3) is 5.54. The van der Waals surface area contributed by atoms with Crippen molar-refractivity contribution in [2.45, 2.75) is 59.4 Å². The van der Waals surface area contributed by atoms with Crippen LogP contribution >= 0.6 is 0 Å². The van der Waals surface area contributed by atoms with Gasteiger partial charge in [0.1, 0.15) is 5.71 Å². The number of aryl methyl sites for hydroxylation is 2. The molecule has 156 valence electrons. The molecule has 0 radical (unpaired) electrons. The van der Waals surface area contributed by atoms with E-state index in [9.17, 15) is 9.59 Å². The number of nitrogens with zero attached hydrogens (tertiary/aromatic N) is 3. The first-order valence-electron chi connectivity index (χ1n) is 10.5. The van der Waals surface area contributed by atoms with E-state index in [4.69, 9.17) is 0 Å². The van der Waals surface area contributed by atoms with Crippen molar-refractivity contribution in [2.75, 3.05) is 24.6 Å². The molecule has 0 saturated carbocycles. The predicted molar refractivity (Wildman–Crippen MR) is 117 cm³/mol. The molecule has 1 fully saturated rings. The number of hydrazone groups is 1. The lowest BCUT2D eigenvalue weighted by molar-refractivity contribution is -0.119. The molecule has 3 rings (SSSR count). The number of benzene rings is 1.